The predicted octanol–water partition coefficient (Wildman–Crippen LogP) is 4.57. The van der Waals surface area contributed by atoms with Crippen LogP contribution in [0.5, 0.6) is 0 Å². The number of nitrogens with zero attached hydrogens (tertiary/aromatic N) is 1. The summed E-state index contributed by atoms with van der Waals surface area (Å²) in [6.07, 6.45) is 7.69. The maximum atomic E-state index is 3.74. The Labute approximate surface area is 129 Å². The summed E-state index contributed by atoms with van der Waals surface area (Å²) in [6, 6.07) is 9.30. The van der Waals surface area contributed by atoms with Crippen LogP contribution in [-0.4, -0.2) is 17.2 Å². The van der Waals surface area contributed by atoms with Gasteiger partial charge in [0.05, 0.1) is 0 Å². The van der Waals surface area contributed by atoms with Crippen LogP contribution in [0.25, 0.3) is 10.9 Å². The van der Waals surface area contributed by atoms with Crippen molar-refractivity contribution in [2.24, 2.45) is 5.92 Å². The van der Waals surface area contributed by atoms with Crippen molar-refractivity contribution < 1.29 is 0 Å². The summed E-state index contributed by atoms with van der Waals surface area (Å²) < 4.78 is 3.54. The minimum absolute atomic E-state index is 0.726. The molecule has 3 heteroatoms. The van der Waals surface area contributed by atoms with Crippen LogP contribution >= 0.6 is 15.9 Å². The standard InChI is InChI=1S/C17H23BrN2/c1-13-5-4-6-14(11-13)19-9-10-20-12-16(18)15-7-2-3-8-17(15)20/h2-3,7-8,12-14,19H,4-6,9-11H2,1H3. The van der Waals surface area contributed by atoms with E-state index in [1.165, 1.54) is 41.1 Å². The molecule has 0 amide bonds. The highest BCUT2D eigenvalue weighted by Gasteiger charge is 2.17. The van der Waals surface area contributed by atoms with Gasteiger partial charge in [-0.05, 0) is 40.8 Å². The molecule has 1 heterocycles. The molecule has 2 unspecified atom stereocenters. The summed E-state index contributed by atoms with van der Waals surface area (Å²) in [7, 11) is 0. The first-order valence-corrected chi connectivity index (χ1v) is 8.50. The molecule has 1 N–H and O–H groups in total. The van der Waals surface area contributed by atoms with E-state index in [4.69, 9.17) is 0 Å². The fourth-order valence-electron chi connectivity index (χ4n) is 3.40. The Morgan fingerprint density at radius 3 is 3.00 bits per heavy atom. The highest BCUT2D eigenvalue weighted by molar-refractivity contribution is 9.10. The third kappa shape index (κ3) is 3.09. The number of hydrogen-bond donors (Lipinski definition) is 1. The van der Waals surface area contributed by atoms with Crippen molar-refractivity contribution >= 4 is 26.8 Å². The first-order valence-electron chi connectivity index (χ1n) is 7.71. The number of hydrogen-bond acceptors (Lipinski definition) is 1. The third-order valence-corrected chi connectivity index (χ3v) is 5.09. The lowest BCUT2D eigenvalue weighted by Crippen LogP contribution is -2.35. The summed E-state index contributed by atoms with van der Waals surface area (Å²) in [4.78, 5) is 0. The highest BCUT2D eigenvalue weighted by atomic mass is 79.9. The van der Waals surface area contributed by atoms with Gasteiger partial charge in [0.15, 0.2) is 0 Å². The molecule has 1 aliphatic carbocycles. The molecular weight excluding hydrogens is 312 g/mol. The number of halogens is 1. The van der Waals surface area contributed by atoms with E-state index in [2.05, 4.69) is 63.2 Å². The molecule has 0 aliphatic heterocycles. The Hall–Kier alpha value is -0.800. The summed E-state index contributed by atoms with van der Waals surface area (Å²) in [5, 5.41) is 5.04. The molecule has 2 nitrogen and oxygen atoms in total. The van der Waals surface area contributed by atoms with Gasteiger partial charge in [0.25, 0.3) is 0 Å². The number of para-hydroxylation sites is 1. The monoisotopic (exact) mass is 334 g/mol. The van der Waals surface area contributed by atoms with Gasteiger partial charge in [-0.3, -0.25) is 0 Å². The van der Waals surface area contributed by atoms with Gasteiger partial charge in [-0.1, -0.05) is 38.0 Å². The fourth-order valence-corrected chi connectivity index (χ4v) is 3.98. The maximum Gasteiger partial charge on any atom is 0.0492 e. The lowest BCUT2D eigenvalue weighted by molar-refractivity contribution is 0.299. The normalized spacial score (nSPS) is 23.3. The SMILES string of the molecule is CC1CCCC(NCCn2cc(Br)c3ccccc32)C1. The van der Waals surface area contributed by atoms with E-state index in [1.54, 1.807) is 0 Å². The van der Waals surface area contributed by atoms with Crippen molar-refractivity contribution in [1.29, 1.82) is 0 Å². The van der Waals surface area contributed by atoms with Crippen LogP contribution in [0.2, 0.25) is 0 Å². The molecule has 1 aliphatic rings. The lowest BCUT2D eigenvalue weighted by atomic mass is 9.87. The number of rotatable bonds is 4. The molecule has 2 atom stereocenters. The van der Waals surface area contributed by atoms with Crippen molar-refractivity contribution in [2.45, 2.75) is 45.2 Å². The number of fused-ring (bicyclic) bond motifs is 1. The molecule has 0 bridgehead atoms. The van der Waals surface area contributed by atoms with E-state index in [9.17, 15) is 0 Å². The van der Waals surface area contributed by atoms with Gasteiger partial charge in [-0.25, -0.2) is 0 Å². The van der Waals surface area contributed by atoms with E-state index in [0.29, 0.717) is 0 Å². The molecule has 1 saturated carbocycles. The number of aromatic nitrogens is 1. The van der Waals surface area contributed by atoms with Crippen molar-refractivity contribution in [3.63, 3.8) is 0 Å². The predicted molar refractivity (Wildman–Crippen MR) is 89.1 cm³/mol. The summed E-state index contributed by atoms with van der Waals surface area (Å²) in [5.74, 6) is 0.891. The fraction of sp³-hybridized carbons (Fsp3) is 0.529. The maximum absolute atomic E-state index is 3.74. The smallest absolute Gasteiger partial charge is 0.0492 e. The number of nitrogens with one attached hydrogen (secondary N) is 1. The van der Waals surface area contributed by atoms with Gasteiger partial charge in [-0.2, -0.15) is 0 Å². The van der Waals surface area contributed by atoms with Crippen LogP contribution in [0.1, 0.15) is 32.6 Å². The average molecular weight is 335 g/mol. The quantitative estimate of drug-likeness (QED) is 0.866. The van der Waals surface area contributed by atoms with Gasteiger partial charge in [0.1, 0.15) is 0 Å². The molecule has 1 fully saturated rings. The van der Waals surface area contributed by atoms with Gasteiger partial charge >= 0.3 is 0 Å². The van der Waals surface area contributed by atoms with Crippen molar-refractivity contribution in [3.8, 4) is 0 Å². The zero-order valence-electron chi connectivity index (χ0n) is 12.1. The number of benzene rings is 1. The molecule has 108 valence electrons. The summed E-state index contributed by atoms with van der Waals surface area (Å²) in [5.41, 5.74) is 1.32. The summed E-state index contributed by atoms with van der Waals surface area (Å²) in [6.45, 7) is 4.48. The van der Waals surface area contributed by atoms with Gasteiger partial charge < -0.3 is 9.88 Å². The minimum atomic E-state index is 0.726. The van der Waals surface area contributed by atoms with Crippen LogP contribution in [0.4, 0.5) is 0 Å². The zero-order chi connectivity index (χ0) is 13.9. The lowest BCUT2D eigenvalue weighted by Gasteiger charge is -2.27. The molecular formula is C17H23BrN2. The summed E-state index contributed by atoms with van der Waals surface area (Å²) >= 11 is 3.65. The van der Waals surface area contributed by atoms with Gasteiger partial charge in [0.2, 0.25) is 0 Å². The Bertz CT molecular complexity index is 575. The average Bonchev–Trinajstić information content (AvgIpc) is 2.77. The largest absolute Gasteiger partial charge is 0.345 e. The van der Waals surface area contributed by atoms with Gasteiger partial charge in [-0.15, -0.1) is 0 Å². The van der Waals surface area contributed by atoms with Crippen molar-refractivity contribution in [3.05, 3.63) is 34.9 Å². The van der Waals surface area contributed by atoms with E-state index in [-0.39, 0.29) is 0 Å². The zero-order valence-corrected chi connectivity index (χ0v) is 13.7. The van der Waals surface area contributed by atoms with E-state index >= 15 is 0 Å². The Balaban J connectivity index is 1.60. The van der Waals surface area contributed by atoms with E-state index < -0.39 is 0 Å². The molecule has 20 heavy (non-hydrogen) atoms. The van der Waals surface area contributed by atoms with Crippen LogP contribution in [-0.2, 0) is 6.54 Å². The molecule has 0 saturated heterocycles. The first-order chi connectivity index (χ1) is 9.74. The Kier molecular flexibility index (Phi) is 4.47. The van der Waals surface area contributed by atoms with Crippen molar-refractivity contribution in [1.82, 2.24) is 9.88 Å². The molecule has 0 radical (unpaired) electrons. The second-order valence-corrected chi connectivity index (χ2v) is 6.96. The van der Waals surface area contributed by atoms with Gasteiger partial charge in [0, 0.05) is 40.7 Å². The van der Waals surface area contributed by atoms with Crippen LogP contribution in [0, 0.1) is 5.92 Å². The molecule has 2 aromatic rings. The third-order valence-electron chi connectivity index (χ3n) is 4.46. The molecule has 3 rings (SSSR count). The minimum Gasteiger partial charge on any atom is -0.345 e. The molecule has 1 aromatic carbocycles. The molecule has 0 spiro atoms. The second-order valence-electron chi connectivity index (χ2n) is 6.11. The first kappa shape index (κ1) is 14.2. The molecule has 1 aromatic heterocycles. The highest BCUT2D eigenvalue weighted by Crippen LogP contribution is 2.26. The van der Waals surface area contributed by atoms with Crippen molar-refractivity contribution in [2.75, 3.05) is 6.54 Å². The van der Waals surface area contributed by atoms with Crippen LogP contribution < -0.4 is 5.32 Å². The van der Waals surface area contributed by atoms with E-state index in [0.717, 1.165) is 25.0 Å². The Morgan fingerprint density at radius 2 is 2.15 bits per heavy atom. The van der Waals surface area contributed by atoms with E-state index in [1.807, 2.05) is 0 Å². The van der Waals surface area contributed by atoms with Crippen LogP contribution in [0.3, 0.4) is 0 Å². The topological polar surface area (TPSA) is 17.0 Å². The second kappa shape index (κ2) is 6.31. The Morgan fingerprint density at radius 1 is 1.30 bits per heavy atom. The van der Waals surface area contributed by atoms with Crippen LogP contribution in [0.15, 0.2) is 34.9 Å².